The Balaban J connectivity index is 2.03. The van der Waals surface area contributed by atoms with Crippen molar-refractivity contribution in [2.45, 2.75) is 12.5 Å². The first-order valence-electron chi connectivity index (χ1n) is 6.14. The van der Waals surface area contributed by atoms with Crippen molar-refractivity contribution < 1.29 is 19.1 Å². The van der Waals surface area contributed by atoms with Crippen molar-refractivity contribution in [3.8, 4) is 0 Å². The number of hydrogen-bond donors (Lipinski definition) is 1. The number of anilines is 1. The second-order valence-corrected chi connectivity index (χ2v) is 4.32. The fraction of sp³-hybridized carbons (Fsp3) is 0.500. The monoisotopic (exact) mass is 280 g/mol. The summed E-state index contributed by atoms with van der Waals surface area (Å²) in [5.74, 6) is 0.0600. The van der Waals surface area contributed by atoms with Crippen LogP contribution in [-0.2, 0) is 9.47 Å². The van der Waals surface area contributed by atoms with Crippen LogP contribution in [-0.4, -0.2) is 55.4 Å². The van der Waals surface area contributed by atoms with Crippen molar-refractivity contribution in [3.05, 3.63) is 18.1 Å². The molecule has 2 rings (SSSR count). The highest BCUT2D eigenvalue weighted by Gasteiger charge is 2.25. The molecule has 0 bridgehead atoms. The predicted octanol–water partition coefficient (Wildman–Crippen LogP) is 0.198. The van der Waals surface area contributed by atoms with Gasteiger partial charge in [-0.1, -0.05) is 0 Å². The zero-order valence-electron chi connectivity index (χ0n) is 11.3. The molecule has 1 N–H and O–H groups in total. The molecule has 1 saturated heterocycles. The molecule has 0 saturated carbocycles. The maximum Gasteiger partial charge on any atom is 0.407 e. The van der Waals surface area contributed by atoms with Gasteiger partial charge in [-0.2, -0.15) is 0 Å². The van der Waals surface area contributed by atoms with Crippen molar-refractivity contribution in [3.63, 3.8) is 0 Å². The van der Waals surface area contributed by atoms with Crippen LogP contribution >= 0.6 is 0 Å². The van der Waals surface area contributed by atoms with Gasteiger partial charge in [0.15, 0.2) is 5.69 Å². The molecular formula is C12H16N4O4. The first-order valence-corrected chi connectivity index (χ1v) is 6.14. The fourth-order valence-corrected chi connectivity index (χ4v) is 2.02. The summed E-state index contributed by atoms with van der Waals surface area (Å²) in [4.78, 5) is 32.7. The van der Waals surface area contributed by atoms with Crippen LogP contribution in [0.4, 0.5) is 10.6 Å². The van der Waals surface area contributed by atoms with Crippen molar-refractivity contribution in [1.82, 2.24) is 15.3 Å². The van der Waals surface area contributed by atoms with Crippen molar-refractivity contribution >= 4 is 17.9 Å². The van der Waals surface area contributed by atoms with E-state index in [1.807, 2.05) is 4.90 Å². The standard InChI is InChI=1S/C12H16N4O4/c1-19-11(17)9-5-13-6-10(15-9)16-4-3-8(7-16)14-12(18)20-2/h5-6,8H,3-4,7H2,1-2H3,(H,14,18). The van der Waals surface area contributed by atoms with Crippen LogP contribution in [0.3, 0.4) is 0 Å². The summed E-state index contributed by atoms with van der Waals surface area (Å²) in [5.41, 5.74) is 0.161. The number of alkyl carbamates (subject to hydrolysis) is 1. The zero-order valence-corrected chi connectivity index (χ0v) is 11.3. The molecule has 20 heavy (non-hydrogen) atoms. The van der Waals surface area contributed by atoms with E-state index in [0.717, 1.165) is 6.42 Å². The van der Waals surface area contributed by atoms with Gasteiger partial charge in [0, 0.05) is 13.1 Å². The lowest BCUT2D eigenvalue weighted by Crippen LogP contribution is -2.37. The van der Waals surface area contributed by atoms with Crippen LogP contribution in [0.2, 0.25) is 0 Å². The third-order valence-electron chi connectivity index (χ3n) is 3.04. The fourth-order valence-electron chi connectivity index (χ4n) is 2.02. The minimum atomic E-state index is -0.525. The molecule has 1 fully saturated rings. The van der Waals surface area contributed by atoms with Gasteiger partial charge in [0.1, 0.15) is 5.82 Å². The van der Waals surface area contributed by atoms with Crippen molar-refractivity contribution in [2.24, 2.45) is 0 Å². The quantitative estimate of drug-likeness (QED) is 0.790. The van der Waals surface area contributed by atoms with Crippen LogP contribution in [0.1, 0.15) is 16.9 Å². The van der Waals surface area contributed by atoms with Gasteiger partial charge in [0.05, 0.1) is 32.7 Å². The minimum absolute atomic E-state index is 0.00830. The number of nitrogens with zero attached hydrogens (tertiary/aromatic N) is 3. The molecule has 1 aliphatic heterocycles. The Hall–Kier alpha value is -2.38. The van der Waals surface area contributed by atoms with Crippen LogP contribution in [0.15, 0.2) is 12.4 Å². The third kappa shape index (κ3) is 3.14. The number of ether oxygens (including phenoxy) is 2. The number of hydrogen-bond acceptors (Lipinski definition) is 7. The average Bonchev–Trinajstić information content (AvgIpc) is 2.94. The number of amides is 1. The summed E-state index contributed by atoms with van der Waals surface area (Å²) in [6.07, 6.45) is 3.26. The predicted molar refractivity (Wildman–Crippen MR) is 69.5 cm³/mol. The van der Waals surface area contributed by atoms with Gasteiger partial charge in [-0.25, -0.2) is 14.6 Å². The Kier molecular flexibility index (Phi) is 4.34. The molecule has 0 aromatic carbocycles. The first-order chi connectivity index (χ1) is 9.63. The number of esters is 1. The van der Waals surface area contributed by atoms with Gasteiger partial charge in [-0.3, -0.25) is 4.98 Å². The molecule has 0 spiro atoms. The number of carbonyl (C=O) groups excluding carboxylic acids is 2. The number of aromatic nitrogens is 2. The molecule has 108 valence electrons. The molecule has 1 aromatic heterocycles. The van der Waals surface area contributed by atoms with Gasteiger partial charge in [-0.15, -0.1) is 0 Å². The van der Waals surface area contributed by atoms with E-state index in [1.54, 1.807) is 6.20 Å². The van der Waals surface area contributed by atoms with Gasteiger partial charge >= 0.3 is 12.1 Å². The van der Waals surface area contributed by atoms with Gasteiger partial charge in [0.2, 0.25) is 0 Å². The number of rotatable bonds is 3. The second kappa shape index (κ2) is 6.18. The minimum Gasteiger partial charge on any atom is -0.464 e. The van der Waals surface area contributed by atoms with E-state index in [2.05, 4.69) is 24.8 Å². The Bertz CT molecular complexity index is 508. The molecular weight excluding hydrogens is 264 g/mol. The molecule has 1 aromatic rings. The number of carbonyl (C=O) groups is 2. The summed E-state index contributed by atoms with van der Waals surface area (Å²) in [5, 5.41) is 2.73. The lowest BCUT2D eigenvalue weighted by Gasteiger charge is -2.17. The van der Waals surface area contributed by atoms with E-state index in [0.29, 0.717) is 18.9 Å². The Morgan fingerprint density at radius 3 is 2.85 bits per heavy atom. The van der Waals surface area contributed by atoms with E-state index in [-0.39, 0.29) is 11.7 Å². The third-order valence-corrected chi connectivity index (χ3v) is 3.04. The molecule has 1 aliphatic rings. The highest BCUT2D eigenvalue weighted by atomic mass is 16.5. The lowest BCUT2D eigenvalue weighted by atomic mass is 10.3. The maximum absolute atomic E-state index is 11.4. The van der Waals surface area contributed by atoms with Crippen LogP contribution in [0, 0.1) is 0 Å². The van der Waals surface area contributed by atoms with E-state index >= 15 is 0 Å². The SMILES string of the molecule is COC(=O)NC1CCN(c2cncc(C(=O)OC)n2)C1. The summed E-state index contributed by atoms with van der Waals surface area (Å²) < 4.78 is 9.17. The van der Waals surface area contributed by atoms with Crippen molar-refractivity contribution in [1.29, 1.82) is 0 Å². The van der Waals surface area contributed by atoms with E-state index < -0.39 is 12.1 Å². The Labute approximate surface area is 116 Å². The molecule has 1 amide bonds. The second-order valence-electron chi connectivity index (χ2n) is 4.32. The zero-order chi connectivity index (χ0) is 14.5. The topological polar surface area (TPSA) is 93.7 Å². The normalized spacial score (nSPS) is 17.7. The van der Waals surface area contributed by atoms with E-state index in [4.69, 9.17) is 0 Å². The average molecular weight is 280 g/mol. The molecule has 8 heteroatoms. The van der Waals surface area contributed by atoms with Crippen LogP contribution in [0.25, 0.3) is 0 Å². The molecule has 1 atom stereocenters. The molecule has 0 aliphatic carbocycles. The summed E-state index contributed by atoms with van der Waals surface area (Å²) in [7, 11) is 2.62. The highest BCUT2D eigenvalue weighted by molar-refractivity contribution is 5.87. The smallest absolute Gasteiger partial charge is 0.407 e. The molecule has 0 radical (unpaired) electrons. The molecule has 8 nitrogen and oxygen atoms in total. The number of nitrogens with one attached hydrogen (secondary N) is 1. The molecule has 2 heterocycles. The summed E-state index contributed by atoms with van der Waals surface area (Å²) in [6.45, 7) is 1.31. The van der Waals surface area contributed by atoms with Crippen molar-refractivity contribution in [2.75, 3.05) is 32.2 Å². The lowest BCUT2D eigenvalue weighted by molar-refractivity contribution is 0.0593. The summed E-state index contributed by atoms with van der Waals surface area (Å²) >= 11 is 0. The highest BCUT2D eigenvalue weighted by Crippen LogP contribution is 2.17. The van der Waals surface area contributed by atoms with Crippen LogP contribution in [0.5, 0.6) is 0 Å². The van der Waals surface area contributed by atoms with E-state index in [1.165, 1.54) is 20.4 Å². The Morgan fingerprint density at radius 2 is 2.15 bits per heavy atom. The maximum atomic E-state index is 11.4. The number of methoxy groups -OCH3 is 2. The molecule has 1 unspecified atom stereocenters. The van der Waals surface area contributed by atoms with E-state index in [9.17, 15) is 9.59 Å². The van der Waals surface area contributed by atoms with Crippen LogP contribution < -0.4 is 10.2 Å². The largest absolute Gasteiger partial charge is 0.464 e. The Morgan fingerprint density at radius 1 is 1.35 bits per heavy atom. The first kappa shape index (κ1) is 14.0. The summed E-state index contributed by atoms with van der Waals surface area (Å²) in [6, 6.07) is -0.00830. The van der Waals surface area contributed by atoms with Gasteiger partial charge in [0.25, 0.3) is 0 Å². The van der Waals surface area contributed by atoms with Gasteiger partial charge in [-0.05, 0) is 6.42 Å². The van der Waals surface area contributed by atoms with Gasteiger partial charge < -0.3 is 19.7 Å².